The standard InChI is InChI=1S/C12H16N2O2/c15-14(16)12-6-4-11(5-7-12)10-13-8-2-1-3-9-13/h4-7H,1-3,8-10H2/p+1. The Morgan fingerprint density at radius 1 is 1.12 bits per heavy atom. The molecule has 1 aliphatic rings. The highest BCUT2D eigenvalue weighted by molar-refractivity contribution is 5.32. The number of nitro groups is 1. The van der Waals surface area contributed by atoms with Gasteiger partial charge in [0.2, 0.25) is 0 Å². The van der Waals surface area contributed by atoms with Crippen molar-refractivity contribution in [3.05, 3.63) is 39.9 Å². The van der Waals surface area contributed by atoms with E-state index >= 15 is 0 Å². The molecule has 1 fully saturated rings. The minimum Gasteiger partial charge on any atom is -0.331 e. The molecule has 16 heavy (non-hydrogen) atoms. The Bertz CT molecular complexity index is 356. The van der Waals surface area contributed by atoms with Crippen molar-refractivity contribution in [3.8, 4) is 0 Å². The van der Waals surface area contributed by atoms with Crippen LogP contribution in [0, 0.1) is 10.1 Å². The Labute approximate surface area is 95.0 Å². The summed E-state index contributed by atoms with van der Waals surface area (Å²) < 4.78 is 0. The number of hydrogen-bond acceptors (Lipinski definition) is 2. The summed E-state index contributed by atoms with van der Waals surface area (Å²) >= 11 is 0. The molecular formula is C12H17N2O2+. The maximum atomic E-state index is 10.5. The summed E-state index contributed by atoms with van der Waals surface area (Å²) in [5, 5.41) is 10.5. The van der Waals surface area contributed by atoms with Crippen LogP contribution in [0.1, 0.15) is 24.8 Å². The zero-order chi connectivity index (χ0) is 11.4. The summed E-state index contributed by atoms with van der Waals surface area (Å²) in [6.07, 6.45) is 3.97. The van der Waals surface area contributed by atoms with Crippen molar-refractivity contribution in [3.63, 3.8) is 0 Å². The fourth-order valence-corrected chi connectivity index (χ4v) is 2.25. The molecule has 1 N–H and O–H groups in total. The number of nitrogens with one attached hydrogen (secondary N) is 1. The first kappa shape index (κ1) is 11.1. The van der Waals surface area contributed by atoms with Gasteiger partial charge in [-0.3, -0.25) is 10.1 Å². The van der Waals surface area contributed by atoms with Crippen LogP contribution in [0.2, 0.25) is 0 Å². The fraction of sp³-hybridized carbons (Fsp3) is 0.500. The van der Waals surface area contributed by atoms with Crippen molar-refractivity contribution in [1.29, 1.82) is 0 Å². The van der Waals surface area contributed by atoms with Gasteiger partial charge in [0.05, 0.1) is 18.0 Å². The van der Waals surface area contributed by atoms with Gasteiger partial charge in [-0.1, -0.05) is 0 Å². The number of nitrogens with zero attached hydrogens (tertiary/aromatic N) is 1. The fourth-order valence-electron chi connectivity index (χ4n) is 2.25. The molecule has 2 rings (SSSR count). The largest absolute Gasteiger partial charge is 0.331 e. The number of rotatable bonds is 3. The van der Waals surface area contributed by atoms with Gasteiger partial charge >= 0.3 is 0 Å². The van der Waals surface area contributed by atoms with Crippen LogP contribution in [0.4, 0.5) is 5.69 Å². The monoisotopic (exact) mass is 221 g/mol. The van der Waals surface area contributed by atoms with Crippen LogP contribution in [0.3, 0.4) is 0 Å². The Hall–Kier alpha value is -1.42. The van der Waals surface area contributed by atoms with Crippen LogP contribution in [0.25, 0.3) is 0 Å². The van der Waals surface area contributed by atoms with Crippen LogP contribution in [0.5, 0.6) is 0 Å². The molecule has 1 saturated heterocycles. The molecule has 0 aliphatic carbocycles. The van der Waals surface area contributed by atoms with E-state index in [0.717, 1.165) is 6.54 Å². The molecule has 0 radical (unpaired) electrons. The smallest absolute Gasteiger partial charge is 0.269 e. The number of likely N-dealkylation sites (tertiary alicyclic amines) is 1. The Kier molecular flexibility index (Phi) is 3.51. The summed E-state index contributed by atoms with van der Waals surface area (Å²) in [5.74, 6) is 0. The predicted molar refractivity (Wildman–Crippen MR) is 61.3 cm³/mol. The Morgan fingerprint density at radius 3 is 2.31 bits per heavy atom. The van der Waals surface area contributed by atoms with Crippen LogP contribution < -0.4 is 4.90 Å². The normalized spacial score (nSPS) is 17.2. The van der Waals surface area contributed by atoms with Crippen molar-refractivity contribution in [2.75, 3.05) is 13.1 Å². The predicted octanol–water partition coefficient (Wildman–Crippen LogP) is 1.16. The lowest BCUT2D eigenvalue weighted by molar-refractivity contribution is -0.918. The molecule has 0 bridgehead atoms. The third-order valence-corrected chi connectivity index (χ3v) is 3.16. The number of non-ortho nitro benzene ring substituents is 1. The van der Waals surface area contributed by atoms with Crippen LogP contribution in [-0.2, 0) is 6.54 Å². The quantitative estimate of drug-likeness (QED) is 0.615. The first-order valence-corrected chi connectivity index (χ1v) is 5.82. The van der Waals surface area contributed by atoms with E-state index in [4.69, 9.17) is 0 Å². The zero-order valence-corrected chi connectivity index (χ0v) is 9.32. The second kappa shape index (κ2) is 5.07. The van der Waals surface area contributed by atoms with Gasteiger partial charge < -0.3 is 4.90 Å². The molecular weight excluding hydrogens is 204 g/mol. The lowest BCUT2D eigenvalue weighted by Gasteiger charge is -2.23. The van der Waals surface area contributed by atoms with E-state index in [0.29, 0.717) is 0 Å². The molecule has 4 nitrogen and oxygen atoms in total. The second-order valence-electron chi connectivity index (χ2n) is 4.41. The molecule has 0 spiro atoms. The molecule has 1 heterocycles. The first-order valence-electron chi connectivity index (χ1n) is 5.82. The van der Waals surface area contributed by atoms with Crippen molar-refractivity contribution in [1.82, 2.24) is 0 Å². The van der Waals surface area contributed by atoms with Crippen molar-refractivity contribution in [2.24, 2.45) is 0 Å². The van der Waals surface area contributed by atoms with Crippen LogP contribution >= 0.6 is 0 Å². The highest BCUT2D eigenvalue weighted by Crippen LogP contribution is 2.11. The SMILES string of the molecule is O=[N+]([O-])c1ccc(C[NH+]2CCCCC2)cc1. The van der Waals surface area contributed by atoms with Gasteiger partial charge in [0.25, 0.3) is 5.69 Å². The average Bonchev–Trinajstić information content (AvgIpc) is 2.31. The first-order chi connectivity index (χ1) is 7.75. The van der Waals surface area contributed by atoms with E-state index in [1.807, 2.05) is 12.1 Å². The maximum Gasteiger partial charge on any atom is 0.269 e. The van der Waals surface area contributed by atoms with Crippen molar-refractivity contribution in [2.45, 2.75) is 25.8 Å². The van der Waals surface area contributed by atoms with Gasteiger partial charge in [-0.05, 0) is 31.4 Å². The summed E-state index contributed by atoms with van der Waals surface area (Å²) in [6, 6.07) is 6.94. The molecule has 0 saturated carbocycles. The molecule has 0 amide bonds. The number of nitro benzene ring substituents is 1. The lowest BCUT2D eigenvalue weighted by Crippen LogP contribution is -3.11. The summed E-state index contributed by atoms with van der Waals surface area (Å²) in [7, 11) is 0. The van der Waals surface area contributed by atoms with Crippen LogP contribution in [0.15, 0.2) is 24.3 Å². The van der Waals surface area contributed by atoms with Gasteiger partial charge in [-0.2, -0.15) is 0 Å². The minimum absolute atomic E-state index is 0.178. The van der Waals surface area contributed by atoms with E-state index in [1.165, 1.54) is 37.9 Å². The van der Waals surface area contributed by atoms with Gasteiger partial charge in [0.15, 0.2) is 0 Å². The van der Waals surface area contributed by atoms with E-state index in [9.17, 15) is 10.1 Å². The zero-order valence-electron chi connectivity index (χ0n) is 9.32. The van der Waals surface area contributed by atoms with Gasteiger partial charge in [0.1, 0.15) is 6.54 Å². The molecule has 0 aromatic heterocycles. The molecule has 4 heteroatoms. The number of benzene rings is 1. The van der Waals surface area contributed by atoms with Crippen molar-refractivity contribution >= 4 is 5.69 Å². The molecule has 1 aromatic rings. The number of quaternary nitrogens is 1. The maximum absolute atomic E-state index is 10.5. The average molecular weight is 221 g/mol. The van der Waals surface area contributed by atoms with Gasteiger partial charge in [0, 0.05) is 17.7 Å². The molecule has 86 valence electrons. The van der Waals surface area contributed by atoms with E-state index in [2.05, 4.69) is 0 Å². The minimum atomic E-state index is -0.350. The molecule has 0 unspecified atom stereocenters. The lowest BCUT2D eigenvalue weighted by atomic mass is 10.1. The Morgan fingerprint density at radius 2 is 1.75 bits per heavy atom. The summed E-state index contributed by atoms with van der Waals surface area (Å²) in [4.78, 5) is 11.8. The van der Waals surface area contributed by atoms with Crippen LogP contribution in [-0.4, -0.2) is 18.0 Å². The molecule has 1 aliphatic heterocycles. The summed E-state index contributed by atoms with van der Waals surface area (Å²) in [5.41, 5.74) is 1.37. The topological polar surface area (TPSA) is 47.6 Å². The Balaban J connectivity index is 1.96. The number of hydrogen-bond donors (Lipinski definition) is 1. The van der Waals surface area contributed by atoms with E-state index in [1.54, 1.807) is 17.0 Å². The van der Waals surface area contributed by atoms with Crippen molar-refractivity contribution < 1.29 is 9.82 Å². The number of piperidine rings is 1. The van der Waals surface area contributed by atoms with E-state index in [-0.39, 0.29) is 10.6 Å². The highest BCUT2D eigenvalue weighted by Gasteiger charge is 2.14. The second-order valence-corrected chi connectivity index (χ2v) is 4.41. The highest BCUT2D eigenvalue weighted by atomic mass is 16.6. The van der Waals surface area contributed by atoms with Gasteiger partial charge in [-0.25, -0.2) is 0 Å². The third-order valence-electron chi connectivity index (χ3n) is 3.16. The summed E-state index contributed by atoms with van der Waals surface area (Å²) in [6.45, 7) is 3.46. The van der Waals surface area contributed by atoms with Gasteiger partial charge in [-0.15, -0.1) is 0 Å². The third kappa shape index (κ3) is 2.79. The molecule has 1 aromatic carbocycles. The molecule has 0 atom stereocenters. The van der Waals surface area contributed by atoms with E-state index < -0.39 is 0 Å².